The lowest BCUT2D eigenvalue weighted by Crippen LogP contribution is -2.24. The van der Waals surface area contributed by atoms with E-state index in [0.29, 0.717) is 18.4 Å². The summed E-state index contributed by atoms with van der Waals surface area (Å²) >= 11 is 0. The first-order valence-corrected chi connectivity index (χ1v) is 9.53. The highest BCUT2D eigenvalue weighted by Crippen LogP contribution is 2.25. The topological polar surface area (TPSA) is 60.7 Å². The van der Waals surface area contributed by atoms with E-state index in [-0.39, 0.29) is 5.56 Å². The maximum Gasteiger partial charge on any atom is 0.275 e. The number of aryl methyl sites for hydroxylation is 2. The summed E-state index contributed by atoms with van der Waals surface area (Å²) in [6.45, 7) is 0.474. The van der Waals surface area contributed by atoms with Gasteiger partial charge in [0.05, 0.1) is 23.6 Å². The van der Waals surface area contributed by atoms with Crippen molar-refractivity contribution in [3.63, 3.8) is 0 Å². The van der Waals surface area contributed by atoms with Crippen LogP contribution in [0.2, 0.25) is 0 Å². The number of aromatic nitrogens is 4. The molecular formula is C24H18N4O. The lowest BCUT2D eigenvalue weighted by atomic mass is 10.0. The molecule has 2 aromatic carbocycles. The van der Waals surface area contributed by atoms with Crippen LogP contribution in [-0.4, -0.2) is 19.7 Å². The largest absolute Gasteiger partial charge is 0.275 e. The number of fused-ring (bicyclic) bond motifs is 2. The van der Waals surface area contributed by atoms with E-state index in [0.717, 1.165) is 33.1 Å². The first kappa shape index (κ1) is 17.3. The molecule has 5 heteroatoms. The lowest BCUT2D eigenvalue weighted by molar-refractivity contribution is 0.580. The molecule has 0 amide bonds. The van der Waals surface area contributed by atoms with Crippen molar-refractivity contribution in [1.82, 2.24) is 19.7 Å². The van der Waals surface area contributed by atoms with Crippen LogP contribution >= 0.6 is 0 Å². The molecule has 0 unspecified atom stereocenters. The molecule has 0 spiro atoms. The van der Waals surface area contributed by atoms with Gasteiger partial charge in [-0.1, -0.05) is 48.5 Å². The smallest absolute Gasteiger partial charge is 0.267 e. The van der Waals surface area contributed by atoms with Crippen LogP contribution in [-0.2, 0) is 13.0 Å². The third kappa shape index (κ3) is 3.27. The predicted molar refractivity (Wildman–Crippen MR) is 115 cm³/mol. The van der Waals surface area contributed by atoms with Gasteiger partial charge in [-0.25, -0.2) is 4.68 Å². The summed E-state index contributed by atoms with van der Waals surface area (Å²) in [6, 6.07) is 21.7. The molecule has 5 nitrogen and oxygen atoms in total. The third-order valence-electron chi connectivity index (χ3n) is 5.09. The molecule has 0 saturated heterocycles. The zero-order valence-electron chi connectivity index (χ0n) is 15.7. The summed E-state index contributed by atoms with van der Waals surface area (Å²) in [4.78, 5) is 22.1. The molecule has 0 saturated carbocycles. The van der Waals surface area contributed by atoms with Gasteiger partial charge in [0, 0.05) is 40.8 Å². The summed E-state index contributed by atoms with van der Waals surface area (Å²) in [6.07, 6.45) is 5.89. The quantitative estimate of drug-likeness (QED) is 0.469. The average Bonchev–Trinajstić information content (AvgIpc) is 2.79. The summed E-state index contributed by atoms with van der Waals surface area (Å²) in [5.41, 5.74) is 3.60. The fourth-order valence-electron chi connectivity index (χ4n) is 3.62. The molecule has 0 atom stereocenters. The van der Waals surface area contributed by atoms with Gasteiger partial charge >= 0.3 is 0 Å². The Morgan fingerprint density at radius 1 is 0.828 bits per heavy atom. The first-order chi connectivity index (χ1) is 14.3. The number of pyridine rings is 2. The van der Waals surface area contributed by atoms with E-state index in [1.807, 2.05) is 60.7 Å². The van der Waals surface area contributed by atoms with Crippen LogP contribution in [0.4, 0.5) is 0 Å². The second-order valence-electron chi connectivity index (χ2n) is 6.93. The van der Waals surface area contributed by atoms with Crippen molar-refractivity contribution >= 4 is 21.7 Å². The fraction of sp³-hybridized carbons (Fsp3) is 0.0833. The molecule has 3 aromatic heterocycles. The molecule has 5 rings (SSSR count). The Balaban J connectivity index is 1.52. The zero-order chi connectivity index (χ0) is 19.6. The molecule has 0 fully saturated rings. The van der Waals surface area contributed by atoms with E-state index >= 15 is 0 Å². The first-order valence-electron chi connectivity index (χ1n) is 9.53. The van der Waals surface area contributed by atoms with Crippen LogP contribution in [0.15, 0.2) is 90.1 Å². The molecule has 0 radical (unpaired) electrons. The van der Waals surface area contributed by atoms with Gasteiger partial charge in [0.1, 0.15) is 0 Å². The SMILES string of the molecule is O=c1c2c(-c3cccnc3)cccc2cnn1CCc1ccc2ccccc2n1. The fourth-order valence-corrected chi connectivity index (χ4v) is 3.62. The number of hydrogen-bond acceptors (Lipinski definition) is 4. The van der Waals surface area contributed by atoms with Crippen molar-refractivity contribution in [1.29, 1.82) is 0 Å². The van der Waals surface area contributed by atoms with E-state index in [4.69, 9.17) is 4.98 Å². The van der Waals surface area contributed by atoms with Crippen molar-refractivity contribution in [3.05, 3.63) is 101 Å². The number of benzene rings is 2. The highest BCUT2D eigenvalue weighted by Gasteiger charge is 2.11. The maximum absolute atomic E-state index is 13.2. The Kier molecular flexibility index (Phi) is 4.33. The number of rotatable bonds is 4. The molecular weight excluding hydrogens is 360 g/mol. The van der Waals surface area contributed by atoms with Crippen molar-refractivity contribution in [2.45, 2.75) is 13.0 Å². The van der Waals surface area contributed by atoms with Crippen LogP contribution in [0.3, 0.4) is 0 Å². The molecule has 0 aliphatic heterocycles. The maximum atomic E-state index is 13.2. The molecule has 0 aliphatic carbocycles. The summed E-state index contributed by atoms with van der Waals surface area (Å²) in [7, 11) is 0. The van der Waals surface area contributed by atoms with E-state index in [2.05, 4.69) is 16.1 Å². The minimum atomic E-state index is -0.0947. The summed E-state index contributed by atoms with van der Waals surface area (Å²) in [5, 5.41) is 6.99. The zero-order valence-corrected chi connectivity index (χ0v) is 15.7. The average molecular weight is 378 g/mol. The Hall–Kier alpha value is -3.86. The normalized spacial score (nSPS) is 11.2. The number of hydrogen-bond donors (Lipinski definition) is 0. The molecule has 3 heterocycles. The van der Waals surface area contributed by atoms with Gasteiger partial charge in [0.25, 0.3) is 5.56 Å². The summed E-state index contributed by atoms with van der Waals surface area (Å²) < 4.78 is 1.53. The van der Waals surface area contributed by atoms with Gasteiger partial charge in [-0.2, -0.15) is 5.10 Å². The lowest BCUT2D eigenvalue weighted by Gasteiger charge is -2.10. The number of nitrogens with zero attached hydrogens (tertiary/aromatic N) is 4. The second-order valence-corrected chi connectivity index (χ2v) is 6.93. The molecule has 5 aromatic rings. The number of para-hydroxylation sites is 1. The molecule has 140 valence electrons. The third-order valence-corrected chi connectivity index (χ3v) is 5.09. The van der Waals surface area contributed by atoms with Gasteiger partial charge in [-0.15, -0.1) is 0 Å². The highest BCUT2D eigenvalue weighted by atomic mass is 16.1. The molecule has 0 aliphatic rings. The van der Waals surface area contributed by atoms with Crippen LogP contribution in [0.25, 0.3) is 32.8 Å². The molecule has 0 N–H and O–H groups in total. The van der Waals surface area contributed by atoms with Gasteiger partial charge in [0.15, 0.2) is 0 Å². The monoisotopic (exact) mass is 378 g/mol. The van der Waals surface area contributed by atoms with Gasteiger partial charge in [0.2, 0.25) is 0 Å². The standard InChI is InChI=1S/C24H18N4O/c29-24-23-19(6-3-8-21(23)18-7-4-13-25-15-18)16-26-28(24)14-12-20-11-10-17-5-1-2-9-22(17)27-20/h1-11,13,15-16H,12,14H2. The predicted octanol–water partition coefficient (Wildman–Crippen LogP) is 4.25. The van der Waals surface area contributed by atoms with Crippen molar-refractivity contribution in [2.75, 3.05) is 0 Å². The van der Waals surface area contributed by atoms with Gasteiger partial charge < -0.3 is 0 Å². The Morgan fingerprint density at radius 3 is 2.62 bits per heavy atom. The summed E-state index contributed by atoms with van der Waals surface area (Å²) in [5.74, 6) is 0. The van der Waals surface area contributed by atoms with Gasteiger partial charge in [-0.05, 0) is 23.8 Å². The van der Waals surface area contributed by atoms with Gasteiger partial charge in [-0.3, -0.25) is 14.8 Å². The molecule has 29 heavy (non-hydrogen) atoms. The van der Waals surface area contributed by atoms with Crippen LogP contribution in [0.1, 0.15) is 5.69 Å². The van der Waals surface area contributed by atoms with Crippen molar-refractivity contribution < 1.29 is 0 Å². The van der Waals surface area contributed by atoms with Crippen LogP contribution in [0, 0.1) is 0 Å². The Labute approximate surface area is 167 Å². The van der Waals surface area contributed by atoms with E-state index in [1.165, 1.54) is 4.68 Å². The Bertz CT molecular complexity index is 1380. The van der Waals surface area contributed by atoms with Crippen molar-refractivity contribution in [2.24, 2.45) is 0 Å². The van der Waals surface area contributed by atoms with E-state index in [9.17, 15) is 4.79 Å². The molecule has 0 bridgehead atoms. The minimum Gasteiger partial charge on any atom is -0.267 e. The van der Waals surface area contributed by atoms with E-state index < -0.39 is 0 Å². The van der Waals surface area contributed by atoms with Crippen LogP contribution in [0.5, 0.6) is 0 Å². The van der Waals surface area contributed by atoms with Crippen molar-refractivity contribution in [3.8, 4) is 11.1 Å². The van der Waals surface area contributed by atoms with Crippen LogP contribution < -0.4 is 5.56 Å². The highest BCUT2D eigenvalue weighted by molar-refractivity contribution is 5.95. The second kappa shape index (κ2) is 7.28. The van der Waals surface area contributed by atoms with E-state index in [1.54, 1.807) is 18.6 Å². The minimum absolute atomic E-state index is 0.0947. The Morgan fingerprint density at radius 2 is 1.72 bits per heavy atom.